The highest BCUT2D eigenvalue weighted by molar-refractivity contribution is 5.38. The van der Waals surface area contributed by atoms with Crippen molar-refractivity contribution >= 4 is 0 Å². The second-order valence-electron chi connectivity index (χ2n) is 11.5. The fourth-order valence-corrected chi connectivity index (χ4v) is 6.83. The van der Waals surface area contributed by atoms with E-state index in [9.17, 15) is 10.2 Å². The highest BCUT2D eigenvalue weighted by Gasteiger charge is 2.50. The van der Waals surface area contributed by atoms with Gasteiger partial charge in [-0.05, 0) is 93.1 Å². The third-order valence-electron chi connectivity index (χ3n) is 8.98. The van der Waals surface area contributed by atoms with Crippen LogP contribution in [0, 0.1) is 23.2 Å². The van der Waals surface area contributed by atoms with Gasteiger partial charge < -0.3 is 14.9 Å². The highest BCUT2D eigenvalue weighted by Crippen LogP contribution is 2.60. The predicted octanol–water partition coefficient (Wildman–Crippen LogP) is 6.36. The number of aliphatic hydroxyl groups excluding tert-OH is 2. The molecule has 0 amide bonds. The van der Waals surface area contributed by atoms with E-state index in [4.69, 9.17) is 4.74 Å². The summed E-state index contributed by atoms with van der Waals surface area (Å²) in [4.78, 5) is 0. The van der Waals surface area contributed by atoms with Gasteiger partial charge in [0.05, 0.1) is 17.8 Å². The van der Waals surface area contributed by atoms with E-state index in [1.54, 1.807) is 5.57 Å². The van der Waals surface area contributed by atoms with Crippen LogP contribution in [0.5, 0.6) is 0 Å². The lowest BCUT2D eigenvalue weighted by Crippen LogP contribution is -2.36. The molecule has 0 aromatic carbocycles. The Morgan fingerprint density at radius 2 is 2.00 bits per heavy atom. The quantitative estimate of drug-likeness (QED) is 0.494. The van der Waals surface area contributed by atoms with Gasteiger partial charge in [0.15, 0.2) is 0 Å². The maximum absolute atomic E-state index is 10.2. The van der Waals surface area contributed by atoms with Crippen LogP contribution in [0.3, 0.4) is 0 Å². The first-order chi connectivity index (χ1) is 14.6. The summed E-state index contributed by atoms with van der Waals surface area (Å²) in [5, 5.41) is 20.2. The number of ether oxygens (including phenoxy) is 1. The minimum absolute atomic E-state index is 0.0135. The Hall–Kier alpha value is -0.900. The average Bonchev–Trinajstić information content (AvgIpc) is 3.07. The first-order valence-corrected chi connectivity index (χ1v) is 12.6. The third-order valence-corrected chi connectivity index (χ3v) is 8.98. The lowest BCUT2D eigenvalue weighted by molar-refractivity contribution is 0.0108. The Labute approximate surface area is 190 Å². The fourth-order valence-electron chi connectivity index (χ4n) is 6.83. The van der Waals surface area contributed by atoms with E-state index < -0.39 is 12.2 Å². The molecule has 0 radical (unpaired) electrons. The largest absolute Gasteiger partial charge is 0.393 e. The van der Waals surface area contributed by atoms with Crippen molar-refractivity contribution in [3.05, 3.63) is 35.5 Å². The first-order valence-electron chi connectivity index (χ1n) is 12.6. The summed E-state index contributed by atoms with van der Waals surface area (Å²) in [7, 11) is 1.82. The Morgan fingerprint density at radius 1 is 1.26 bits per heavy atom. The van der Waals surface area contributed by atoms with Gasteiger partial charge in [0.25, 0.3) is 0 Å². The zero-order valence-corrected chi connectivity index (χ0v) is 20.6. The van der Waals surface area contributed by atoms with Crippen molar-refractivity contribution in [1.82, 2.24) is 0 Å². The van der Waals surface area contributed by atoms with Crippen molar-refractivity contribution in [3.63, 3.8) is 0 Å². The van der Waals surface area contributed by atoms with Gasteiger partial charge in [-0.2, -0.15) is 0 Å². The molecule has 3 heteroatoms. The molecule has 2 N–H and O–H groups in total. The second kappa shape index (κ2) is 9.93. The normalized spacial score (nSPS) is 38.0. The maximum atomic E-state index is 10.2. The molecule has 0 bridgehead atoms. The molecule has 0 aliphatic heterocycles. The molecule has 0 spiro atoms. The third kappa shape index (κ3) is 5.54. The fraction of sp³-hybridized carbons (Fsp3) is 0.786. The van der Waals surface area contributed by atoms with Gasteiger partial charge in [0.1, 0.15) is 0 Å². The first kappa shape index (κ1) is 24.7. The zero-order valence-electron chi connectivity index (χ0n) is 20.6. The molecule has 0 unspecified atom stereocenters. The summed E-state index contributed by atoms with van der Waals surface area (Å²) in [6.07, 6.45) is 14.5. The van der Waals surface area contributed by atoms with Crippen LogP contribution in [0.4, 0.5) is 0 Å². The molecule has 0 saturated heterocycles. The molecule has 3 aliphatic rings. The lowest BCUT2D eigenvalue weighted by Gasteiger charge is -2.44. The van der Waals surface area contributed by atoms with E-state index in [1.165, 1.54) is 44.9 Å². The maximum Gasteiger partial charge on any atom is 0.0811 e. The summed E-state index contributed by atoms with van der Waals surface area (Å²) in [5.41, 5.74) is 3.79. The topological polar surface area (TPSA) is 49.7 Å². The summed E-state index contributed by atoms with van der Waals surface area (Å²) >= 11 is 0. The molecule has 0 aromatic rings. The smallest absolute Gasteiger partial charge is 0.0811 e. The number of hydrogen-bond donors (Lipinski definition) is 2. The van der Waals surface area contributed by atoms with Gasteiger partial charge in [-0.15, -0.1) is 0 Å². The molecular weight excluding hydrogens is 384 g/mol. The van der Waals surface area contributed by atoms with Crippen molar-refractivity contribution in [2.45, 2.75) is 110 Å². The Kier molecular flexibility index (Phi) is 7.92. The molecule has 6 atom stereocenters. The number of methoxy groups -OCH3 is 1. The van der Waals surface area contributed by atoms with Gasteiger partial charge in [-0.3, -0.25) is 0 Å². The number of allylic oxidation sites excluding steroid dienone is 3. The van der Waals surface area contributed by atoms with Crippen molar-refractivity contribution < 1.29 is 14.9 Å². The van der Waals surface area contributed by atoms with Crippen LogP contribution < -0.4 is 0 Å². The van der Waals surface area contributed by atoms with E-state index in [0.717, 1.165) is 29.4 Å². The molecule has 3 aliphatic carbocycles. The molecular formula is C28H46O3. The molecule has 0 aromatic heterocycles. The number of fused-ring (bicyclic) bond motifs is 1. The molecule has 31 heavy (non-hydrogen) atoms. The van der Waals surface area contributed by atoms with Gasteiger partial charge in [-0.25, -0.2) is 0 Å². The van der Waals surface area contributed by atoms with Gasteiger partial charge in [0.2, 0.25) is 0 Å². The SMILES string of the molecule is C=C1/C(=C\C=C2/CCC[C@]3(C)[C@@H]([C@H](C)CCCC(C)(C)OC)CC[C@@H]23)C[C@@H](O)C[C@@H]1O. The molecule has 176 valence electrons. The summed E-state index contributed by atoms with van der Waals surface area (Å²) in [6, 6.07) is 0. The van der Waals surface area contributed by atoms with Gasteiger partial charge in [-0.1, -0.05) is 51.0 Å². The average molecular weight is 431 g/mol. The standard InChI is InChI=1S/C28H46O3/c1-19(9-7-15-27(3,4)31-6)24-13-14-25-21(10-8-16-28(24,25)5)11-12-22-17-23(29)18-26(30)20(22)2/h11-12,19,23-26,29-30H,2,7-10,13-18H2,1,3-6H3/b21-11+,22-12-/t19-,23-,24-,25+,26+,28-/m1/s1. The second-order valence-corrected chi connectivity index (χ2v) is 11.5. The number of aliphatic hydroxyl groups is 2. The van der Waals surface area contributed by atoms with Crippen LogP contribution in [0.1, 0.15) is 91.9 Å². The monoisotopic (exact) mass is 430 g/mol. The Bertz CT molecular complexity index is 703. The van der Waals surface area contributed by atoms with Crippen molar-refractivity contribution in [3.8, 4) is 0 Å². The van der Waals surface area contributed by atoms with Crippen LogP contribution in [0.2, 0.25) is 0 Å². The Balaban J connectivity index is 1.68. The predicted molar refractivity (Wildman–Crippen MR) is 129 cm³/mol. The van der Waals surface area contributed by atoms with Crippen LogP contribution in [0.15, 0.2) is 35.5 Å². The number of rotatable bonds is 7. The van der Waals surface area contributed by atoms with Crippen LogP contribution in [-0.4, -0.2) is 35.1 Å². The van der Waals surface area contributed by atoms with Crippen LogP contribution >= 0.6 is 0 Å². The van der Waals surface area contributed by atoms with Gasteiger partial charge >= 0.3 is 0 Å². The van der Waals surface area contributed by atoms with Crippen molar-refractivity contribution in [1.29, 1.82) is 0 Å². The lowest BCUT2D eigenvalue weighted by atomic mass is 9.60. The molecule has 3 rings (SSSR count). The number of hydrogen-bond acceptors (Lipinski definition) is 3. The summed E-state index contributed by atoms with van der Waals surface area (Å²) < 4.78 is 5.61. The minimum atomic E-state index is -0.607. The van der Waals surface area contributed by atoms with E-state index in [1.807, 2.05) is 7.11 Å². The van der Waals surface area contributed by atoms with Crippen LogP contribution in [-0.2, 0) is 4.74 Å². The highest BCUT2D eigenvalue weighted by atomic mass is 16.5. The van der Waals surface area contributed by atoms with Crippen molar-refractivity contribution in [2.24, 2.45) is 23.2 Å². The zero-order chi connectivity index (χ0) is 22.8. The van der Waals surface area contributed by atoms with Crippen LogP contribution in [0.25, 0.3) is 0 Å². The van der Waals surface area contributed by atoms with E-state index in [0.29, 0.717) is 24.2 Å². The van der Waals surface area contributed by atoms with Crippen molar-refractivity contribution in [2.75, 3.05) is 7.11 Å². The molecule has 0 heterocycles. The van der Waals surface area contributed by atoms with Gasteiger partial charge in [0, 0.05) is 13.5 Å². The molecule has 3 nitrogen and oxygen atoms in total. The Morgan fingerprint density at radius 3 is 2.71 bits per heavy atom. The van der Waals surface area contributed by atoms with E-state index in [-0.39, 0.29) is 5.60 Å². The minimum Gasteiger partial charge on any atom is -0.393 e. The summed E-state index contributed by atoms with van der Waals surface area (Å²) in [6.45, 7) is 13.5. The van der Waals surface area contributed by atoms with E-state index in [2.05, 4.69) is 46.4 Å². The molecule has 3 saturated carbocycles. The summed E-state index contributed by atoms with van der Waals surface area (Å²) in [5.74, 6) is 2.23. The van der Waals surface area contributed by atoms with E-state index >= 15 is 0 Å². The molecule has 3 fully saturated rings.